The van der Waals surface area contributed by atoms with Crippen LogP contribution >= 0.6 is 0 Å². The Balaban J connectivity index is 1.87. The first-order valence-electron chi connectivity index (χ1n) is 6.21. The average Bonchev–Trinajstić information content (AvgIpc) is 2.48. The van der Waals surface area contributed by atoms with Crippen molar-refractivity contribution in [3.05, 3.63) is 65.5 Å². The molecule has 0 aliphatic heterocycles. The van der Waals surface area contributed by atoms with Crippen LogP contribution < -0.4 is 10.9 Å². The molecule has 5 nitrogen and oxygen atoms in total. The second-order valence-electron chi connectivity index (χ2n) is 4.32. The summed E-state index contributed by atoms with van der Waals surface area (Å²) in [6.07, 6.45) is 1.74. The Morgan fingerprint density at radius 3 is 2.50 bits per heavy atom. The number of pyridine rings is 1. The molecule has 0 fully saturated rings. The molecule has 102 valence electrons. The van der Waals surface area contributed by atoms with Crippen molar-refractivity contribution in [2.24, 2.45) is 0 Å². The van der Waals surface area contributed by atoms with Crippen LogP contribution in [-0.2, 0) is 11.2 Å². The number of aromatic nitrogens is 1. The lowest BCUT2D eigenvalue weighted by molar-refractivity contribution is -0.121. The van der Waals surface area contributed by atoms with Gasteiger partial charge in [-0.3, -0.25) is 25.4 Å². The van der Waals surface area contributed by atoms with Gasteiger partial charge in [0.2, 0.25) is 5.91 Å². The van der Waals surface area contributed by atoms with Crippen LogP contribution in [0.25, 0.3) is 0 Å². The first kappa shape index (κ1) is 13.7. The fourth-order valence-electron chi connectivity index (χ4n) is 1.71. The topological polar surface area (TPSA) is 71.1 Å². The summed E-state index contributed by atoms with van der Waals surface area (Å²) in [6, 6.07) is 12.6. The quantitative estimate of drug-likeness (QED) is 0.827. The molecule has 0 saturated carbocycles. The lowest BCUT2D eigenvalue weighted by Crippen LogP contribution is -2.42. The summed E-state index contributed by atoms with van der Waals surface area (Å²) in [7, 11) is 0. The molecule has 2 N–H and O–H groups in total. The molecule has 1 aromatic carbocycles. The lowest BCUT2D eigenvalue weighted by Gasteiger charge is -2.08. The van der Waals surface area contributed by atoms with E-state index in [-0.39, 0.29) is 18.0 Å². The predicted octanol–water partition coefficient (Wildman–Crippen LogP) is 1.39. The minimum Gasteiger partial charge on any atom is -0.273 e. The van der Waals surface area contributed by atoms with E-state index in [0.717, 1.165) is 11.1 Å². The van der Waals surface area contributed by atoms with Crippen LogP contribution in [0.3, 0.4) is 0 Å². The molecule has 0 atom stereocenters. The zero-order valence-electron chi connectivity index (χ0n) is 11.1. The van der Waals surface area contributed by atoms with Gasteiger partial charge in [-0.05, 0) is 30.2 Å². The molecular formula is C15H15N3O2. The summed E-state index contributed by atoms with van der Waals surface area (Å²) in [5.41, 5.74) is 6.94. The third-order valence-electron chi connectivity index (χ3n) is 2.83. The maximum Gasteiger partial charge on any atom is 0.288 e. The first-order valence-corrected chi connectivity index (χ1v) is 6.21. The molecule has 0 saturated heterocycles. The molecule has 2 rings (SSSR count). The van der Waals surface area contributed by atoms with Crippen molar-refractivity contribution in [3.63, 3.8) is 0 Å². The van der Waals surface area contributed by atoms with Gasteiger partial charge < -0.3 is 0 Å². The van der Waals surface area contributed by atoms with E-state index in [1.54, 1.807) is 18.2 Å². The predicted molar refractivity (Wildman–Crippen MR) is 74.7 cm³/mol. The third kappa shape index (κ3) is 3.65. The van der Waals surface area contributed by atoms with Crippen LogP contribution in [0, 0.1) is 6.92 Å². The molecule has 5 heteroatoms. The second-order valence-corrected chi connectivity index (χ2v) is 4.32. The van der Waals surface area contributed by atoms with Crippen LogP contribution in [0.1, 0.15) is 21.6 Å². The Morgan fingerprint density at radius 2 is 1.80 bits per heavy atom. The molecule has 0 radical (unpaired) electrons. The number of nitrogens with zero attached hydrogens (tertiary/aromatic N) is 1. The number of aryl methyl sites for hydroxylation is 1. The maximum atomic E-state index is 11.8. The van der Waals surface area contributed by atoms with Crippen molar-refractivity contribution in [2.45, 2.75) is 13.3 Å². The fraction of sp³-hybridized carbons (Fsp3) is 0.133. The number of carbonyl (C=O) groups is 2. The zero-order valence-corrected chi connectivity index (χ0v) is 11.1. The van der Waals surface area contributed by atoms with Crippen molar-refractivity contribution in [3.8, 4) is 0 Å². The fourth-order valence-corrected chi connectivity index (χ4v) is 1.71. The number of hydrogen-bond donors (Lipinski definition) is 2. The van der Waals surface area contributed by atoms with Crippen molar-refractivity contribution in [2.75, 3.05) is 0 Å². The van der Waals surface area contributed by atoms with Gasteiger partial charge in [0, 0.05) is 6.20 Å². The highest BCUT2D eigenvalue weighted by molar-refractivity contribution is 5.93. The van der Waals surface area contributed by atoms with Gasteiger partial charge in [0.15, 0.2) is 0 Å². The Labute approximate surface area is 117 Å². The van der Waals surface area contributed by atoms with Gasteiger partial charge in [0.05, 0.1) is 6.42 Å². The standard InChI is InChI=1S/C15H15N3O2/c1-11-6-2-3-7-12(11)10-14(19)17-18-15(20)13-8-4-5-9-16-13/h2-9H,10H2,1H3,(H,17,19)(H,18,20). The van der Waals surface area contributed by atoms with Crippen molar-refractivity contribution >= 4 is 11.8 Å². The van der Waals surface area contributed by atoms with Gasteiger partial charge in [-0.1, -0.05) is 30.3 Å². The number of benzene rings is 1. The molecule has 0 spiro atoms. The average molecular weight is 269 g/mol. The van der Waals surface area contributed by atoms with Gasteiger partial charge in [0.25, 0.3) is 5.91 Å². The number of rotatable bonds is 3. The number of hydrazine groups is 1. The second kappa shape index (κ2) is 6.47. The minimum absolute atomic E-state index is 0.217. The van der Waals surface area contributed by atoms with Gasteiger partial charge in [-0.15, -0.1) is 0 Å². The van der Waals surface area contributed by atoms with Crippen molar-refractivity contribution < 1.29 is 9.59 Å². The summed E-state index contributed by atoms with van der Waals surface area (Å²) >= 11 is 0. The van der Waals surface area contributed by atoms with Crippen molar-refractivity contribution in [1.82, 2.24) is 15.8 Å². The van der Waals surface area contributed by atoms with Crippen LogP contribution in [0.15, 0.2) is 48.7 Å². The maximum absolute atomic E-state index is 11.8. The Morgan fingerprint density at radius 1 is 1.05 bits per heavy atom. The molecule has 0 aliphatic carbocycles. The largest absolute Gasteiger partial charge is 0.288 e. The van der Waals surface area contributed by atoms with Crippen LogP contribution in [0.5, 0.6) is 0 Å². The van der Waals surface area contributed by atoms with E-state index in [4.69, 9.17) is 0 Å². The summed E-state index contributed by atoms with van der Waals surface area (Å²) in [4.78, 5) is 27.3. The molecule has 0 aliphatic rings. The van der Waals surface area contributed by atoms with E-state index in [0.29, 0.717) is 0 Å². The third-order valence-corrected chi connectivity index (χ3v) is 2.83. The number of nitrogens with one attached hydrogen (secondary N) is 2. The molecule has 20 heavy (non-hydrogen) atoms. The minimum atomic E-state index is -0.441. The van der Waals surface area contributed by atoms with Gasteiger partial charge >= 0.3 is 0 Å². The monoisotopic (exact) mass is 269 g/mol. The number of amides is 2. The molecule has 0 unspecified atom stereocenters. The van der Waals surface area contributed by atoms with E-state index in [9.17, 15) is 9.59 Å². The van der Waals surface area contributed by atoms with E-state index in [2.05, 4.69) is 15.8 Å². The highest BCUT2D eigenvalue weighted by atomic mass is 16.2. The highest BCUT2D eigenvalue weighted by Crippen LogP contribution is 2.07. The van der Waals surface area contributed by atoms with Crippen LogP contribution in [0.2, 0.25) is 0 Å². The summed E-state index contributed by atoms with van der Waals surface area (Å²) in [6.45, 7) is 1.94. The molecule has 1 aromatic heterocycles. The van der Waals surface area contributed by atoms with Gasteiger partial charge in [-0.2, -0.15) is 0 Å². The van der Waals surface area contributed by atoms with Gasteiger partial charge in [-0.25, -0.2) is 0 Å². The Bertz CT molecular complexity index is 612. The number of carbonyl (C=O) groups excluding carboxylic acids is 2. The zero-order chi connectivity index (χ0) is 14.4. The first-order chi connectivity index (χ1) is 9.66. The van der Waals surface area contributed by atoms with E-state index >= 15 is 0 Å². The molecule has 1 heterocycles. The molecular weight excluding hydrogens is 254 g/mol. The Hall–Kier alpha value is -2.69. The summed E-state index contributed by atoms with van der Waals surface area (Å²) in [5.74, 6) is -0.715. The molecule has 2 amide bonds. The molecule has 0 bridgehead atoms. The van der Waals surface area contributed by atoms with E-state index in [1.165, 1.54) is 6.20 Å². The highest BCUT2D eigenvalue weighted by Gasteiger charge is 2.09. The smallest absolute Gasteiger partial charge is 0.273 e. The van der Waals surface area contributed by atoms with Crippen LogP contribution in [-0.4, -0.2) is 16.8 Å². The normalized spacial score (nSPS) is 9.85. The summed E-state index contributed by atoms with van der Waals surface area (Å²) < 4.78 is 0. The number of hydrogen-bond acceptors (Lipinski definition) is 3. The van der Waals surface area contributed by atoms with Gasteiger partial charge in [0.1, 0.15) is 5.69 Å². The Kier molecular flexibility index (Phi) is 4.44. The summed E-state index contributed by atoms with van der Waals surface area (Å²) in [5, 5.41) is 0. The van der Waals surface area contributed by atoms with Crippen molar-refractivity contribution in [1.29, 1.82) is 0 Å². The lowest BCUT2D eigenvalue weighted by atomic mass is 10.1. The van der Waals surface area contributed by atoms with Crippen LogP contribution in [0.4, 0.5) is 0 Å². The van der Waals surface area contributed by atoms with E-state index < -0.39 is 5.91 Å². The molecule has 2 aromatic rings. The SMILES string of the molecule is Cc1ccccc1CC(=O)NNC(=O)c1ccccn1. The van der Waals surface area contributed by atoms with E-state index in [1.807, 2.05) is 31.2 Å².